The molecular formula is C24H30N2O3S. The van der Waals surface area contributed by atoms with Gasteiger partial charge in [-0.2, -0.15) is 4.31 Å². The Bertz CT molecular complexity index is 1040. The minimum absolute atomic E-state index is 0.0227. The van der Waals surface area contributed by atoms with Crippen LogP contribution in [-0.2, 0) is 27.7 Å². The number of fused-ring (bicyclic) bond motifs is 1. The Morgan fingerprint density at radius 3 is 2.50 bits per heavy atom. The van der Waals surface area contributed by atoms with E-state index in [2.05, 4.69) is 25.2 Å². The predicted octanol–water partition coefficient (Wildman–Crippen LogP) is 4.34. The SMILES string of the molecule is CC(C)c1cccc(NC(=O)C2CCN(S(=O)(=O)c3ccc4c(c3)CCC4)CC2)c1. The van der Waals surface area contributed by atoms with Crippen LogP contribution in [0.1, 0.15) is 55.7 Å². The highest BCUT2D eigenvalue weighted by atomic mass is 32.2. The Morgan fingerprint density at radius 2 is 1.77 bits per heavy atom. The molecule has 2 aliphatic rings. The van der Waals surface area contributed by atoms with E-state index in [1.807, 2.05) is 30.3 Å². The Morgan fingerprint density at radius 1 is 1.03 bits per heavy atom. The molecule has 0 radical (unpaired) electrons. The highest BCUT2D eigenvalue weighted by molar-refractivity contribution is 7.89. The molecule has 1 aliphatic carbocycles. The zero-order valence-electron chi connectivity index (χ0n) is 17.7. The van der Waals surface area contributed by atoms with Crippen molar-refractivity contribution < 1.29 is 13.2 Å². The van der Waals surface area contributed by atoms with Crippen LogP contribution in [0.3, 0.4) is 0 Å². The van der Waals surface area contributed by atoms with Crippen LogP contribution in [0.15, 0.2) is 47.4 Å². The van der Waals surface area contributed by atoms with Crippen LogP contribution in [0, 0.1) is 5.92 Å². The number of hydrogen-bond acceptors (Lipinski definition) is 3. The number of amides is 1. The van der Waals surface area contributed by atoms with Crippen molar-refractivity contribution in [2.75, 3.05) is 18.4 Å². The van der Waals surface area contributed by atoms with Crippen molar-refractivity contribution in [3.05, 3.63) is 59.2 Å². The summed E-state index contributed by atoms with van der Waals surface area (Å²) in [5.74, 6) is 0.208. The molecule has 0 saturated carbocycles. The summed E-state index contributed by atoms with van der Waals surface area (Å²) in [6, 6.07) is 13.5. The second-order valence-electron chi connectivity index (χ2n) is 8.73. The molecule has 0 atom stereocenters. The van der Waals surface area contributed by atoms with E-state index in [1.54, 1.807) is 6.07 Å². The van der Waals surface area contributed by atoms with Gasteiger partial charge < -0.3 is 5.32 Å². The number of hydrogen-bond donors (Lipinski definition) is 1. The van der Waals surface area contributed by atoms with E-state index in [-0.39, 0.29) is 11.8 Å². The molecule has 160 valence electrons. The van der Waals surface area contributed by atoms with Gasteiger partial charge in [-0.3, -0.25) is 4.79 Å². The average molecular weight is 427 g/mol. The first kappa shape index (κ1) is 21.1. The predicted molar refractivity (Wildman–Crippen MR) is 119 cm³/mol. The third-order valence-corrected chi connectivity index (χ3v) is 8.25. The van der Waals surface area contributed by atoms with Crippen molar-refractivity contribution in [2.45, 2.75) is 56.8 Å². The van der Waals surface area contributed by atoms with Gasteiger partial charge in [0.1, 0.15) is 0 Å². The van der Waals surface area contributed by atoms with Crippen LogP contribution < -0.4 is 5.32 Å². The highest BCUT2D eigenvalue weighted by Gasteiger charge is 2.32. The lowest BCUT2D eigenvalue weighted by Gasteiger charge is -2.30. The van der Waals surface area contributed by atoms with Crippen LogP contribution in [0.4, 0.5) is 5.69 Å². The molecule has 1 N–H and O–H groups in total. The quantitative estimate of drug-likeness (QED) is 0.773. The lowest BCUT2D eigenvalue weighted by atomic mass is 9.97. The monoisotopic (exact) mass is 426 g/mol. The third-order valence-electron chi connectivity index (χ3n) is 6.35. The van der Waals surface area contributed by atoms with Gasteiger partial charge in [-0.05, 0) is 79.0 Å². The van der Waals surface area contributed by atoms with Crippen molar-refractivity contribution in [3.8, 4) is 0 Å². The van der Waals surface area contributed by atoms with E-state index in [0.717, 1.165) is 30.5 Å². The van der Waals surface area contributed by atoms with Crippen molar-refractivity contribution in [1.29, 1.82) is 0 Å². The molecular weight excluding hydrogens is 396 g/mol. The molecule has 6 heteroatoms. The van der Waals surface area contributed by atoms with Gasteiger partial charge in [-0.15, -0.1) is 0 Å². The van der Waals surface area contributed by atoms with Gasteiger partial charge in [0, 0.05) is 24.7 Å². The van der Waals surface area contributed by atoms with Crippen molar-refractivity contribution >= 4 is 21.6 Å². The standard InChI is InChI=1S/C24H30N2O3S/c1-17(2)20-6-4-8-22(15-20)25-24(27)19-11-13-26(14-12-19)30(28,29)23-10-9-18-5-3-7-21(18)16-23/h4,6,8-10,15-17,19H,3,5,7,11-14H2,1-2H3,(H,25,27). The molecule has 1 fully saturated rings. The smallest absolute Gasteiger partial charge is 0.243 e. The maximum absolute atomic E-state index is 13.1. The first-order valence-electron chi connectivity index (χ1n) is 10.9. The number of benzene rings is 2. The van der Waals surface area contributed by atoms with Gasteiger partial charge in [-0.1, -0.05) is 32.0 Å². The number of nitrogens with zero attached hydrogens (tertiary/aromatic N) is 1. The molecule has 5 nitrogen and oxygen atoms in total. The zero-order chi connectivity index (χ0) is 21.3. The Kier molecular flexibility index (Phi) is 5.98. The summed E-state index contributed by atoms with van der Waals surface area (Å²) in [5.41, 5.74) is 4.42. The van der Waals surface area contributed by atoms with Crippen molar-refractivity contribution in [1.82, 2.24) is 4.31 Å². The second kappa shape index (κ2) is 8.52. The van der Waals surface area contributed by atoms with Gasteiger partial charge in [-0.25, -0.2) is 8.42 Å². The maximum Gasteiger partial charge on any atom is 0.243 e. The van der Waals surface area contributed by atoms with E-state index < -0.39 is 10.0 Å². The average Bonchev–Trinajstić information content (AvgIpc) is 3.22. The number of carbonyl (C=O) groups excluding carboxylic acids is 1. The fourth-order valence-corrected chi connectivity index (χ4v) is 5.96. The number of nitrogens with one attached hydrogen (secondary N) is 1. The molecule has 1 amide bonds. The van der Waals surface area contributed by atoms with E-state index in [0.29, 0.717) is 36.7 Å². The Hall–Kier alpha value is -2.18. The van der Waals surface area contributed by atoms with E-state index in [9.17, 15) is 13.2 Å². The van der Waals surface area contributed by atoms with Crippen molar-refractivity contribution in [2.24, 2.45) is 5.92 Å². The lowest BCUT2D eigenvalue weighted by molar-refractivity contribution is -0.120. The first-order chi connectivity index (χ1) is 14.3. The summed E-state index contributed by atoms with van der Waals surface area (Å²) in [7, 11) is -3.51. The third kappa shape index (κ3) is 4.30. The van der Waals surface area contributed by atoms with Crippen LogP contribution >= 0.6 is 0 Å². The molecule has 0 bridgehead atoms. The molecule has 1 heterocycles. The molecule has 1 aliphatic heterocycles. The van der Waals surface area contributed by atoms with E-state index in [4.69, 9.17) is 0 Å². The van der Waals surface area contributed by atoms with Gasteiger partial charge in [0.2, 0.25) is 15.9 Å². The Labute approximate surface area is 179 Å². The minimum atomic E-state index is -3.51. The molecule has 0 spiro atoms. The second-order valence-corrected chi connectivity index (χ2v) is 10.7. The topological polar surface area (TPSA) is 66.5 Å². The summed E-state index contributed by atoms with van der Waals surface area (Å²) >= 11 is 0. The lowest BCUT2D eigenvalue weighted by Crippen LogP contribution is -2.41. The maximum atomic E-state index is 13.1. The van der Waals surface area contributed by atoms with Crippen molar-refractivity contribution in [3.63, 3.8) is 0 Å². The van der Waals surface area contributed by atoms with Gasteiger partial charge in [0.15, 0.2) is 0 Å². The van der Waals surface area contributed by atoms with Crippen LogP contribution in [-0.4, -0.2) is 31.7 Å². The summed E-state index contributed by atoms with van der Waals surface area (Å²) < 4.78 is 27.7. The zero-order valence-corrected chi connectivity index (χ0v) is 18.5. The number of piperidine rings is 1. The normalized spacial score (nSPS) is 17.8. The van der Waals surface area contributed by atoms with E-state index in [1.165, 1.54) is 15.4 Å². The largest absolute Gasteiger partial charge is 0.326 e. The molecule has 2 aromatic rings. The number of rotatable bonds is 5. The summed E-state index contributed by atoms with van der Waals surface area (Å²) in [6.07, 6.45) is 4.17. The number of carbonyl (C=O) groups is 1. The summed E-state index contributed by atoms with van der Waals surface area (Å²) in [4.78, 5) is 13.1. The summed E-state index contributed by atoms with van der Waals surface area (Å²) in [6.45, 7) is 5.00. The molecule has 0 aromatic heterocycles. The van der Waals surface area contributed by atoms with Crippen LogP contribution in [0.2, 0.25) is 0 Å². The first-order valence-corrected chi connectivity index (χ1v) is 12.3. The Balaban J connectivity index is 1.38. The van der Waals surface area contributed by atoms with Gasteiger partial charge in [0.25, 0.3) is 0 Å². The highest BCUT2D eigenvalue weighted by Crippen LogP contribution is 2.29. The van der Waals surface area contributed by atoms with E-state index >= 15 is 0 Å². The van der Waals surface area contributed by atoms with Gasteiger partial charge in [0.05, 0.1) is 4.90 Å². The molecule has 0 unspecified atom stereocenters. The number of aryl methyl sites for hydroxylation is 2. The molecule has 1 saturated heterocycles. The summed E-state index contributed by atoms with van der Waals surface area (Å²) in [5, 5.41) is 3.01. The van der Waals surface area contributed by atoms with Gasteiger partial charge >= 0.3 is 0 Å². The molecule has 4 rings (SSSR count). The molecule has 2 aromatic carbocycles. The molecule has 30 heavy (non-hydrogen) atoms. The number of anilines is 1. The fraction of sp³-hybridized carbons (Fsp3) is 0.458. The number of sulfonamides is 1. The minimum Gasteiger partial charge on any atom is -0.326 e. The van der Waals surface area contributed by atoms with Crippen LogP contribution in [0.5, 0.6) is 0 Å². The fourth-order valence-electron chi connectivity index (χ4n) is 4.44. The van der Waals surface area contributed by atoms with Crippen LogP contribution in [0.25, 0.3) is 0 Å².